The molecule has 1 atom stereocenters. The average Bonchev–Trinajstić information content (AvgIpc) is 2.71. The standard InChI is InChI=1S/C20H20N2O7/c1-13-10-15(8-9-17(13)22(26)27)19(24)29-12-18(23)21-16(20(25)28-2)11-14-6-4-3-5-7-14/h3-10,16H,11-12H2,1-2H3,(H,21,23)/t16-/m1/s1. The van der Waals surface area contributed by atoms with Gasteiger partial charge in [-0.1, -0.05) is 30.3 Å². The monoisotopic (exact) mass is 400 g/mol. The Bertz CT molecular complexity index is 912. The summed E-state index contributed by atoms with van der Waals surface area (Å²) in [6.07, 6.45) is 0.217. The van der Waals surface area contributed by atoms with Crippen LogP contribution in [0.1, 0.15) is 21.5 Å². The van der Waals surface area contributed by atoms with E-state index >= 15 is 0 Å². The van der Waals surface area contributed by atoms with E-state index in [0.29, 0.717) is 5.56 Å². The van der Waals surface area contributed by atoms with E-state index in [1.165, 1.54) is 32.2 Å². The molecular formula is C20H20N2O7. The number of methoxy groups -OCH3 is 1. The minimum atomic E-state index is -0.935. The van der Waals surface area contributed by atoms with Gasteiger partial charge in [-0.05, 0) is 24.6 Å². The number of benzene rings is 2. The molecule has 0 fully saturated rings. The maximum absolute atomic E-state index is 12.1. The lowest BCUT2D eigenvalue weighted by Gasteiger charge is -2.16. The van der Waals surface area contributed by atoms with E-state index in [1.54, 1.807) is 24.3 Å². The van der Waals surface area contributed by atoms with Gasteiger partial charge in [-0.2, -0.15) is 0 Å². The molecule has 0 radical (unpaired) electrons. The molecule has 0 heterocycles. The molecule has 0 bridgehead atoms. The third-order valence-corrected chi connectivity index (χ3v) is 4.07. The minimum Gasteiger partial charge on any atom is -0.467 e. The average molecular weight is 400 g/mol. The number of esters is 2. The van der Waals surface area contributed by atoms with Crippen LogP contribution in [0.15, 0.2) is 48.5 Å². The normalized spacial score (nSPS) is 11.2. The second-order valence-electron chi connectivity index (χ2n) is 6.17. The van der Waals surface area contributed by atoms with E-state index in [4.69, 9.17) is 9.47 Å². The molecule has 0 saturated carbocycles. The van der Waals surface area contributed by atoms with Crippen molar-refractivity contribution in [1.82, 2.24) is 5.32 Å². The number of nitrogens with zero attached hydrogens (tertiary/aromatic N) is 1. The fourth-order valence-corrected chi connectivity index (χ4v) is 2.62. The number of rotatable bonds is 8. The molecule has 29 heavy (non-hydrogen) atoms. The van der Waals surface area contributed by atoms with E-state index < -0.39 is 35.4 Å². The van der Waals surface area contributed by atoms with Crippen molar-refractivity contribution >= 4 is 23.5 Å². The van der Waals surface area contributed by atoms with Gasteiger partial charge in [-0.15, -0.1) is 0 Å². The molecule has 0 unspecified atom stereocenters. The first-order chi connectivity index (χ1) is 13.8. The van der Waals surface area contributed by atoms with Gasteiger partial charge in [0.1, 0.15) is 6.04 Å². The fourth-order valence-electron chi connectivity index (χ4n) is 2.62. The molecule has 2 aromatic carbocycles. The molecule has 0 aliphatic carbocycles. The zero-order valence-electron chi connectivity index (χ0n) is 15.9. The van der Waals surface area contributed by atoms with Gasteiger partial charge in [0.05, 0.1) is 17.6 Å². The summed E-state index contributed by atoms with van der Waals surface area (Å²) in [5.74, 6) is -2.11. The second-order valence-corrected chi connectivity index (χ2v) is 6.17. The van der Waals surface area contributed by atoms with Gasteiger partial charge >= 0.3 is 11.9 Å². The van der Waals surface area contributed by atoms with Gasteiger partial charge in [-0.25, -0.2) is 9.59 Å². The summed E-state index contributed by atoms with van der Waals surface area (Å²) in [6.45, 7) is 0.878. The Morgan fingerprint density at radius 1 is 1.14 bits per heavy atom. The number of carbonyl (C=O) groups is 3. The lowest BCUT2D eigenvalue weighted by molar-refractivity contribution is -0.385. The molecule has 152 valence electrons. The van der Waals surface area contributed by atoms with Crippen LogP contribution in [-0.2, 0) is 25.5 Å². The Balaban J connectivity index is 1.96. The summed E-state index contributed by atoms with van der Waals surface area (Å²) in [7, 11) is 1.21. The van der Waals surface area contributed by atoms with Crippen LogP contribution in [-0.4, -0.2) is 42.5 Å². The summed E-state index contributed by atoms with van der Waals surface area (Å²) in [5.41, 5.74) is 1.07. The molecule has 9 heteroatoms. The first kappa shape index (κ1) is 21.5. The van der Waals surface area contributed by atoms with Crippen molar-refractivity contribution in [2.45, 2.75) is 19.4 Å². The zero-order chi connectivity index (χ0) is 21.4. The van der Waals surface area contributed by atoms with Crippen molar-refractivity contribution in [3.8, 4) is 0 Å². The van der Waals surface area contributed by atoms with Gasteiger partial charge in [0, 0.05) is 18.1 Å². The number of nitro groups is 1. The largest absolute Gasteiger partial charge is 0.467 e. The van der Waals surface area contributed by atoms with Gasteiger partial charge < -0.3 is 14.8 Å². The summed E-state index contributed by atoms with van der Waals surface area (Å²) in [5, 5.41) is 13.3. The van der Waals surface area contributed by atoms with E-state index in [9.17, 15) is 24.5 Å². The molecule has 9 nitrogen and oxygen atoms in total. The lowest BCUT2D eigenvalue weighted by Crippen LogP contribution is -2.44. The highest BCUT2D eigenvalue weighted by Crippen LogP contribution is 2.19. The Morgan fingerprint density at radius 3 is 2.41 bits per heavy atom. The quantitative estimate of drug-likeness (QED) is 0.408. The Labute approximate surface area is 166 Å². The molecular weight excluding hydrogens is 380 g/mol. The van der Waals surface area contributed by atoms with Gasteiger partial charge in [0.15, 0.2) is 6.61 Å². The number of hydrogen-bond donors (Lipinski definition) is 1. The van der Waals surface area contributed by atoms with Gasteiger partial charge in [0.2, 0.25) is 0 Å². The minimum absolute atomic E-state index is 0.0784. The number of nitro benzene ring substituents is 1. The molecule has 0 spiro atoms. The number of carbonyl (C=O) groups excluding carboxylic acids is 3. The highest BCUT2D eigenvalue weighted by Gasteiger charge is 2.23. The first-order valence-electron chi connectivity index (χ1n) is 8.65. The number of amides is 1. The highest BCUT2D eigenvalue weighted by molar-refractivity contribution is 5.92. The Hall–Kier alpha value is -3.75. The topological polar surface area (TPSA) is 125 Å². The highest BCUT2D eigenvalue weighted by atomic mass is 16.6. The van der Waals surface area contributed by atoms with Crippen LogP contribution in [0.25, 0.3) is 0 Å². The maximum atomic E-state index is 12.1. The number of ether oxygens (including phenoxy) is 2. The van der Waals surface area contributed by atoms with Crippen LogP contribution < -0.4 is 5.32 Å². The predicted molar refractivity (Wildman–Crippen MR) is 102 cm³/mol. The lowest BCUT2D eigenvalue weighted by atomic mass is 10.1. The molecule has 1 amide bonds. The number of hydrogen-bond acceptors (Lipinski definition) is 7. The van der Waals surface area contributed by atoms with Crippen molar-refractivity contribution < 1.29 is 28.8 Å². The summed E-state index contributed by atoms with van der Waals surface area (Å²) < 4.78 is 9.64. The second kappa shape index (κ2) is 9.98. The number of nitrogens with one attached hydrogen (secondary N) is 1. The summed E-state index contributed by atoms with van der Waals surface area (Å²) in [6, 6.07) is 11.9. The van der Waals surface area contributed by atoms with E-state index in [1.807, 2.05) is 6.07 Å². The molecule has 0 aliphatic rings. The fraction of sp³-hybridized carbons (Fsp3) is 0.250. The van der Waals surface area contributed by atoms with Crippen LogP contribution in [0.4, 0.5) is 5.69 Å². The predicted octanol–water partition coefficient (Wildman–Crippen LogP) is 1.96. The van der Waals surface area contributed by atoms with Crippen LogP contribution in [0, 0.1) is 17.0 Å². The Morgan fingerprint density at radius 2 is 1.83 bits per heavy atom. The van der Waals surface area contributed by atoms with Gasteiger partial charge in [-0.3, -0.25) is 14.9 Å². The first-order valence-corrected chi connectivity index (χ1v) is 8.65. The SMILES string of the molecule is COC(=O)[C@@H](Cc1ccccc1)NC(=O)COC(=O)c1ccc([N+](=O)[O-])c(C)c1. The molecule has 2 aromatic rings. The van der Waals surface area contributed by atoms with Crippen molar-refractivity contribution in [2.24, 2.45) is 0 Å². The smallest absolute Gasteiger partial charge is 0.338 e. The molecule has 2 rings (SSSR count). The Kier molecular flexibility index (Phi) is 7.41. The van der Waals surface area contributed by atoms with Crippen molar-refractivity contribution in [2.75, 3.05) is 13.7 Å². The maximum Gasteiger partial charge on any atom is 0.338 e. The summed E-state index contributed by atoms with van der Waals surface area (Å²) in [4.78, 5) is 46.4. The summed E-state index contributed by atoms with van der Waals surface area (Å²) >= 11 is 0. The van der Waals surface area contributed by atoms with E-state index in [2.05, 4.69) is 5.32 Å². The van der Waals surface area contributed by atoms with Crippen LogP contribution >= 0.6 is 0 Å². The third kappa shape index (κ3) is 6.13. The van der Waals surface area contributed by atoms with Crippen molar-refractivity contribution in [3.05, 3.63) is 75.3 Å². The molecule has 0 aromatic heterocycles. The van der Waals surface area contributed by atoms with E-state index in [0.717, 1.165) is 5.56 Å². The van der Waals surface area contributed by atoms with Crippen molar-refractivity contribution in [1.29, 1.82) is 0 Å². The van der Waals surface area contributed by atoms with Crippen LogP contribution in [0.2, 0.25) is 0 Å². The van der Waals surface area contributed by atoms with Crippen molar-refractivity contribution in [3.63, 3.8) is 0 Å². The van der Waals surface area contributed by atoms with Gasteiger partial charge in [0.25, 0.3) is 11.6 Å². The molecule has 1 N–H and O–H groups in total. The molecule has 0 aliphatic heterocycles. The van der Waals surface area contributed by atoms with Crippen LogP contribution in [0.3, 0.4) is 0 Å². The third-order valence-electron chi connectivity index (χ3n) is 4.07. The zero-order valence-corrected chi connectivity index (χ0v) is 15.9. The molecule has 0 saturated heterocycles. The van der Waals surface area contributed by atoms with E-state index in [-0.39, 0.29) is 17.7 Å². The number of aryl methyl sites for hydroxylation is 1. The van der Waals surface area contributed by atoms with Crippen LogP contribution in [0.5, 0.6) is 0 Å².